The lowest BCUT2D eigenvalue weighted by atomic mass is 10.1. The molecular formula is C8H10N4. The maximum Gasteiger partial charge on any atom is 0.293 e. The van der Waals surface area contributed by atoms with Crippen LogP contribution in [0.15, 0.2) is 6.20 Å². The maximum atomic E-state index is 6.84. The van der Waals surface area contributed by atoms with Gasteiger partial charge in [-0.2, -0.15) is 0 Å². The van der Waals surface area contributed by atoms with Crippen LogP contribution in [0.25, 0.3) is 4.85 Å². The van der Waals surface area contributed by atoms with E-state index in [4.69, 9.17) is 12.3 Å². The summed E-state index contributed by atoms with van der Waals surface area (Å²) in [5.74, 6) is 0.817. The highest BCUT2D eigenvalue weighted by atomic mass is 15.0. The van der Waals surface area contributed by atoms with Crippen LogP contribution in [0.5, 0.6) is 0 Å². The standard InChI is InChI=1S/C8H10N4/c1-5(2)7-8(10-3)12-6(9)4-11-7/h4-5H,1-2H3,(H2,9,12). The molecule has 1 heterocycles. The summed E-state index contributed by atoms with van der Waals surface area (Å²) in [6.07, 6.45) is 1.48. The van der Waals surface area contributed by atoms with Crippen molar-refractivity contribution in [3.8, 4) is 0 Å². The van der Waals surface area contributed by atoms with Gasteiger partial charge in [0.15, 0.2) is 0 Å². The van der Waals surface area contributed by atoms with E-state index in [-0.39, 0.29) is 5.92 Å². The van der Waals surface area contributed by atoms with E-state index >= 15 is 0 Å². The number of nitrogen functional groups attached to an aromatic ring is 1. The quantitative estimate of drug-likeness (QED) is 0.640. The molecule has 0 fully saturated rings. The smallest absolute Gasteiger partial charge is 0.293 e. The third-order valence-electron chi connectivity index (χ3n) is 1.45. The van der Waals surface area contributed by atoms with Gasteiger partial charge in [-0.3, -0.25) is 4.98 Å². The van der Waals surface area contributed by atoms with Gasteiger partial charge in [0.25, 0.3) is 5.82 Å². The minimum absolute atomic E-state index is 0.210. The first kappa shape index (κ1) is 8.47. The van der Waals surface area contributed by atoms with Crippen LogP contribution in [-0.4, -0.2) is 9.97 Å². The van der Waals surface area contributed by atoms with Gasteiger partial charge in [0, 0.05) is 0 Å². The summed E-state index contributed by atoms with van der Waals surface area (Å²) < 4.78 is 0. The van der Waals surface area contributed by atoms with Crippen LogP contribution in [0.4, 0.5) is 11.6 Å². The molecule has 0 unspecified atom stereocenters. The molecule has 0 aromatic carbocycles. The van der Waals surface area contributed by atoms with Crippen molar-refractivity contribution in [1.29, 1.82) is 0 Å². The van der Waals surface area contributed by atoms with Gasteiger partial charge in [-0.05, 0) is 5.92 Å². The number of rotatable bonds is 1. The second kappa shape index (κ2) is 3.18. The Morgan fingerprint density at radius 2 is 2.25 bits per heavy atom. The van der Waals surface area contributed by atoms with Gasteiger partial charge in [0.2, 0.25) is 5.82 Å². The Bertz CT molecular complexity index is 324. The van der Waals surface area contributed by atoms with Crippen molar-refractivity contribution in [1.82, 2.24) is 9.97 Å². The monoisotopic (exact) mass is 162 g/mol. The first-order chi connectivity index (χ1) is 5.65. The number of aromatic nitrogens is 2. The fraction of sp³-hybridized carbons (Fsp3) is 0.375. The van der Waals surface area contributed by atoms with Gasteiger partial charge < -0.3 is 10.6 Å². The molecule has 1 aromatic heterocycles. The Labute approximate surface area is 71.3 Å². The highest BCUT2D eigenvalue weighted by Crippen LogP contribution is 2.22. The third-order valence-corrected chi connectivity index (χ3v) is 1.45. The predicted octanol–water partition coefficient (Wildman–Crippen LogP) is 1.73. The van der Waals surface area contributed by atoms with E-state index < -0.39 is 0 Å². The van der Waals surface area contributed by atoms with E-state index in [0.717, 1.165) is 0 Å². The summed E-state index contributed by atoms with van der Waals surface area (Å²) in [7, 11) is 0. The van der Waals surface area contributed by atoms with Gasteiger partial charge in [0.1, 0.15) is 0 Å². The van der Waals surface area contributed by atoms with Crippen molar-refractivity contribution in [2.45, 2.75) is 19.8 Å². The van der Waals surface area contributed by atoms with Crippen molar-refractivity contribution < 1.29 is 0 Å². The SMILES string of the molecule is [C-]#[N+]c1nc(N)cnc1C(C)C. The molecule has 1 aromatic rings. The lowest BCUT2D eigenvalue weighted by Gasteiger charge is -2.04. The first-order valence-electron chi connectivity index (χ1n) is 3.65. The summed E-state index contributed by atoms with van der Waals surface area (Å²) in [5, 5.41) is 0. The second-order valence-electron chi connectivity index (χ2n) is 2.77. The number of hydrogen-bond donors (Lipinski definition) is 1. The van der Waals surface area contributed by atoms with Crippen LogP contribution in [0.1, 0.15) is 25.5 Å². The zero-order valence-corrected chi connectivity index (χ0v) is 7.07. The molecule has 4 nitrogen and oxygen atoms in total. The summed E-state index contributed by atoms with van der Waals surface area (Å²) >= 11 is 0. The molecule has 0 amide bonds. The molecule has 1 rings (SSSR count). The fourth-order valence-corrected chi connectivity index (χ4v) is 0.891. The highest BCUT2D eigenvalue weighted by Gasteiger charge is 2.10. The van der Waals surface area contributed by atoms with Crippen molar-refractivity contribution in [2.24, 2.45) is 0 Å². The molecule has 4 heteroatoms. The molecule has 62 valence electrons. The Morgan fingerprint density at radius 1 is 1.58 bits per heavy atom. The molecule has 0 aliphatic heterocycles. The molecule has 0 bridgehead atoms. The number of anilines is 1. The maximum absolute atomic E-state index is 6.84. The summed E-state index contributed by atoms with van der Waals surface area (Å²) in [5.41, 5.74) is 6.09. The normalized spacial score (nSPS) is 9.83. The van der Waals surface area contributed by atoms with E-state index in [9.17, 15) is 0 Å². The summed E-state index contributed by atoms with van der Waals surface area (Å²) in [4.78, 5) is 11.2. The van der Waals surface area contributed by atoms with E-state index in [1.54, 1.807) is 0 Å². The molecule has 0 spiro atoms. The lowest BCUT2D eigenvalue weighted by Crippen LogP contribution is -1.98. The average Bonchev–Trinajstić information content (AvgIpc) is 2.03. The van der Waals surface area contributed by atoms with E-state index in [2.05, 4.69) is 14.8 Å². The Balaban J connectivity index is 3.23. The van der Waals surface area contributed by atoms with Crippen molar-refractivity contribution >= 4 is 11.6 Å². The summed E-state index contributed by atoms with van der Waals surface area (Å²) in [6.45, 7) is 10.8. The molecule has 2 N–H and O–H groups in total. The number of nitrogens with two attached hydrogens (primary N) is 1. The topological polar surface area (TPSA) is 56.2 Å². The van der Waals surface area contributed by atoms with Gasteiger partial charge in [0.05, 0.1) is 11.9 Å². The Morgan fingerprint density at radius 3 is 2.75 bits per heavy atom. The highest BCUT2D eigenvalue weighted by molar-refractivity contribution is 5.47. The largest absolute Gasteiger partial charge is 0.363 e. The number of hydrogen-bond acceptors (Lipinski definition) is 3. The zero-order chi connectivity index (χ0) is 9.14. The van der Waals surface area contributed by atoms with Gasteiger partial charge in [-0.25, -0.2) is 0 Å². The molecule has 0 aliphatic carbocycles. The molecule has 0 atom stereocenters. The minimum atomic E-state index is 0.210. The first-order valence-corrected chi connectivity index (χ1v) is 3.65. The van der Waals surface area contributed by atoms with E-state index in [1.165, 1.54) is 6.20 Å². The molecular weight excluding hydrogens is 152 g/mol. The van der Waals surface area contributed by atoms with Gasteiger partial charge >= 0.3 is 0 Å². The number of nitrogens with zero attached hydrogens (tertiary/aromatic N) is 3. The molecule has 0 saturated carbocycles. The average molecular weight is 162 g/mol. The minimum Gasteiger partial charge on any atom is -0.363 e. The third kappa shape index (κ3) is 1.51. The lowest BCUT2D eigenvalue weighted by molar-refractivity contribution is 0.820. The fourth-order valence-electron chi connectivity index (χ4n) is 0.891. The van der Waals surface area contributed by atoms with Crippen LogP contribution in [0.2, 0.25) is 0 Å². The van der Waals surface area contributed by atoms with Crippen molar-refractivity contribution in [2.75, 3.05) is 5.73 Å². The molecule has 0 aliphatic rings. The zero-order valence-electron chi connectivity index (χ0n) is 7.07. The Kier molecular flexibility index (Phi) is 2.24. The molecule has 12 heavy (non-hydrogen) atoms. The second-order valence-corrected chi connectivity index (χ2v) is 2.77. The van der Waals surface area contributed by atoms with Gasteiger partial charge in [-0.15, -0.1) is 0 Å². The van der Waals surface area contributed by atoms with E-state index in [1.807, 2.05) is 13.8 Å². The van der Waals surface area contributed by atoms with Crippen LogP contribution in [0, 0.1) is 6.57 Å². The van der Waals surface area contributed by atoms with Crippen molar-refractivity contribution in [3.05, 3.63) is 23.3 Å². The van der Waals surface area contributed by atoms with Crippen LogP contribution in [0.3, 0.4) is 0 Å². The Hall–Kier alpha value is -1.63. The molecule has 0 radical (unpaired) electrons. The van der Waals surface area contributed by atoms with Crippen LogP contribution >= 0.6 is 0 Å². The predicted molar refractivity (Wildman–Crippen MR) is 46.8 cm³/mol. The van der Waals surface area contributed by atoms with Gasteiger partial charge in [-0.1, -0.05) is 25.4 Å². The molecule has 0 saturated heterocycles. The van der Waals surface area contributed by atoms with E-state index in [0.29, 0.717) is 17.3 Å². The van der Waals surface area contributed by atoms with Crippen LogP contribution < -0.4 is 5.73 Å². The van der Waals surface area contributed by atoms with Crippen LogP contribution in [-0.2, 0) is 0 Å². The summed E-state index contributed by atoms with van der Waals surface area (Å²) in [6, 6.07) is 0. The van der Waals surface area contributed by atoms with Crippen molar-refractivity contribution in [3.63, 3.8) is 0 Å².